The lowest BCUT2D eigenvalue weighted by Crippen LogP contribution is -2.27. The Morgan fingerprint density at radius 1 is 0.750 bits per heavy atom. The van der Waals surface area contributed by atoms with Crippen LogP contribution in [0, 0.1) is 0 Å². The molecule has 0 atom stereocenters. The average Bonchev–Trinajstić information content (AvgIpc) is 2.29. The Morgan fingerprint density at radius 2 is 1.05 bits per heavy atom. The van der Waals surface area contributed by atoms with Crippen LogP contribution in [-0.2, 0) is 20.0 Å². The fraction of sp³-hybridized carbons (Fsp3) is 1.00. The van der Waals surface area contributed by atoms with Crippen molar-refractivity contribution in [2.45, 2.75) is 39.5 Å². The summed E-state index contributed by atoms with van der Waals surface area (Å²) < 4.78 is 49.0. The standard InChI is InChI=1S/C10H24N2O4S4/c1-5-7-9-11(19(3,13)14)17-18-12(10-8-6-2)20(4,15)16/h5-10H2,1-4H3. The molecule has 0 aliphatic carbocycles. The van der Waals surface area contributed by atoms with Gasteiger partial charge in [0.1, 0.15) is 0 Å². The molecule has 0 unspecified atom stereocenters. The van der Waals surface area contributed by atoms with Gasteiger partial charge in [-0.2, -0.15) is 0 Å². The third-order valence-corrected chi connectivity index (χ3v) is 8.85. The molecule has 0 aromatic rings. The van der Waals surface area contributed by atoms with Crippen LogP contribution in [0.3, 0.4) is 0 Å². The van der Waals surface area contributed by atoms with E-state index in [4.69, 9.17) is 0 Å². The second kappa shape index (κ2) is 9.52. The van der Waals surface area contributed by atoms with Crippen molar-refractivity contribution >= 4 is 42.0 Å². The molecule has 0 saturated carbocycles. The number of unbranched alkanes of at least 4 members (excludes halogenated alkanes) is 2. The van der Waals surface area contributed by atoms with Crippen LogP contribution in [0.2, 0.25) is 0 Å². The fourth-order valence-corrected chi connectivity index (χ4v) is 6.90. The molecule has 0 aliphatic heterocycles. The second-order valence-corrected chi connectivity index (χ2v) is 10.8. The van der Waals surface area contributed by atoms with E-state index in [0.717, 1.165) is 60.2 Å². The first-order valence-corrected chi connectivity index (χ1v) is 12.2. The van der Waals surface area contributed by atoms with E-state index in [0.29, 0.717) is 13.1 Å². The van der Waals surface area contributed by atoms with Gasteiger partial charge in [0.25, 0.3) is 0 Å². The summed E-state index contributed by atoms with van der Waals surface area (Å²) >= 11 is 0. The first kappa shape index (κ1) is 20.5. The third-order valence-electron chi connectivity index (χ3n) is 2.33. The topological polar surface area (TPSA) is 74.8 Å². The molecule has 0 aliphatic rings. The molecule has 6 nitrogen and oxygen atoms in total. The van der Waals surface area contributed by atoms with E-state index in [1.807, 2.05) is 13.8 Å². The summed E-state index contributed by atoms with van der Waals surface area (Å²) in [5, 5.41) is 0. The Balaban J connectivity index is 4.70. The fourth-order valence-electron chi connectivity index (χ4n) is 1.17. The number of hydrogen-bond donors (Lipinski definition) is 0. The Hall–Kier alpha value is 0.520. The predicted molar refractivity (Wildman–Crippen MR) is 88.1 cm³/mol. The lowest BCUT2D eigenvalue weighted by molar-refractivity contribution is 0.535. The first-order chi connectivity index (χ1) is 9.12. The summed E-state index contributed by atoms with van der Waals surface area (Å²) in [6.45, 7) is 4.72. The Kier molecular flexibility index (Phi) is 9.77. The molecule has 0 fully saturated rings. The Morgan fingerprint density at radius 3 is 1.25 bits per heavy atom. The van der Waals surface area contributed by atoms with Crippen LogP contribution >= 0.6 is 22.0 Å². The van der Waals surface area contributed by atoms with Crippen LogP contribution in [-0.4, -0.2) is 49.9 Å². The number of hydrogen-bond acceptors (Lipinski definition) is 6. The number of nitrogens with zero attached hydrogens (tertiary/aromatic N) is 2. The van der Waals surface area contributed by atoms with Crippen molar-refractivity contribution in [2.24, 2.45) is 0 Å². The van der Waals surface area contributed by atoms with Gasteiger partial charge in [-0.25, -0.2) is 16.8 Å². The van der Waals surface area contributed by atoms with Gasteiger partial charge in [0.15, 0.2) is 0 Å². The minimum absolute atomic E-state index is 0.387. The van der Waals surface area contributed by atoms with Gasteiger partial charge in [0.05, 0.1) is 12.5 Å². The summed E-state index contributed by atoms with van der Waals surface area (Å²) in [6, 6.07) is 0. The van der Waals surface area contributed by atoms with Gasteiger partial charge in [-0.15, -0.1) is 7.42 Å². The zero-order valence-electron chi connectivity index (χ0n) is 12.4. The highest BCUT2D eigenvalue weighted by Crippen LogP contribution is 2.33. The van der Waals surface area contributed by atoms with Crippen molar-refractivity contribution in [2.75, 3.05) is 25.6 Å². The minimum Gasteiger partial charge on any atom is -0.212 e. The summed E-state index contributed by atoms with van der Waals surface area (Å²) in [5.41, 5.74) is 0. The molecule has 0 radical (unpaired) electrons. The number of sulfonamides is 2. The zero-order valence-corrected chi connectivity index (χ0v) is 15.7. The summed E-state index contributed by atoms with van der Waals surface area (Å²) in [4.78, 5) is 0. The molecule has 0 saturated heterocycles. The molecule has 0 heterocycles. The summed E-state index contributed by atoms with van der Waals surface area (Å²) in [5.74, 6) is 0. The molecule has 0 bridgehead atoms. The van der Waals surface area contributed by atoms with Gasteiger partial charge in [0.2, 0.25) is 20.0 Å². The van der Waals surface area contributed by atoms with Crippen molar-refractivity contribution in [1.29, 1.82) is 0 Å². The van der Waals surface area contributed by atoms with Crippen LogP contribution in [0.15, 0.2) is 0 Å². The maximum atomic E-state index is 11.6. The highest BCUT2D eigenvalue weighted by atomic mass is 33.1. The van der Waals surface area contributed by atoms with Gasteiger partial charge in [-0.05, 0) is 12.8 Å². The smallest absolute Gasteiger partial charge is 0.212 e. The van der Waals surface area contributed by atoms with E-state index < -0.39 is 20.0 Å². The van der Waals surface area contributed by atoms with Crippen LogP contribution in [0.4, 0.5) is 0 Å². The van der Waals surface area contributed by atoms with Crippen molar-refractivity contribution < 1.29 is 16.8 Å². The van der Waals surface area contributed by atoms with E-state index in [1.165, 1.54) is 7.42 Å². The monoisotopic (exact) mass is 364 g/mol. The van der Waals surface area contributed by atoms with Crippen molar-refractivity contribution in [3.63, 3.8) is 0 Å². The average molecular weight is 365 g/mol. The van der Waals surface area contributed by atoms with E-state index in [1.54, 1.807) is 0 Å². The van der Waals surface area contributed by atoms with Crippen molar-refractivity contribution in [3.05, 3.63) is 0 Å². The molecule has 0 aromatic heterocycles. The van der Waals surface area contributed by atoms with E-state index in [-0.39, 0.29) is 0 Å². The largest absolute Gasteiger partial charge is 0.221 e. The Labute approximate surface area is 131 Å². The maximum absolute atomic E-state index is 11.6. The van der Waals surface area contributed by atoms with E-state index >= 15 is 0 Å². The summed E-state index contributed by atoms with van der Waals surface area (Å²) in [7, 11) is -4.76. The second-order valence-electron chi connectivity index (χ2n) is 4.43. The molecule has 122 valence electrons. The van der Waals surface area contributed by atoms with Gasteiger partial charge in [0, 0.05) is 35.0 Å². The van der Waals surface area contributed by atoms with Gasteiger partial charge in [-0.1, -0.05) is 26.7 Å². The zero-order chi connectivity index (χ0) is 15.8. The molecule has 0 amide bonds. The van der Waals surface area contributed by atoms with E-state index in [9.17, 15) is 16.8 Å². The molecular formula is C10H24N2O4S4. The third kappa shape index (κ3) is 8.73. The molecular weight excluding hydrogens is 340 g/mol. The molecule has 0 aromatic carbocycles. The predicted octanol–water partition coefficient (Wildman–Crippen LogP) is 2.32. The lowest BCUT2D eigenvalue weighted by Gasteiger charge is -2.22. The SMILES string of the molecule is CCCCN(SSN(CCCC)S(C)(=O)=O)S(C)(=O)=O. The van der Waals surface area contributed by atoms with E-state index in [2.05, 4.69) is 0 Å². The maximum Gasteiger partial charge on any atom is 0.221 e. The van der Waals surface area contributed by atoms with Crippen molar-refractivity contribution in [1.82, 2.24) is 7.42 Å². The molecule has 0 rings (SSSR count). The van der Waals surface area contributed by atoms with Crippen LogP contribution in [0.25, 0.3) is 0 Å². The quantitative estimate of drug-likeness (QED) is 0.414. The lowest BCUT2D eigenvalue weighted by atomic mass is 10.3. The molecule has 0 N–H and O–H groups in total. The highest BCUT2D eigenvalue weighted by molar-refractivity contribution is 8.76. The summed E-state index contributed by atoms with van der Waals surface area (Å²) in [6.07, 6.45) is 5.51. The van der Waals surface area contributed by atoms with Crippen molar-refractivity contribution in [3.8, 4) is 0 Å². The van der Waals surface area contributed by atoms with Gasteiger partial charge in [-0.3, -0.25) is 0 Å². The Bertz CT molecular complexity index is 420. The normalized spacial score (nSPS) is 13.3. The van der Waals surface area contributed by atoms with Crippen LogP contribution in [0.1, 0.15) is 39.5 Å². The first-order valence-electron chi connectivity index (χ1n) is 6.43. The van der Waals surface area contributed by atoms with Crippen LogP contribution < -0.4 is 0 Å². The molecule has 20 heavy (non-hydrogen) atoms. The molecule has 0 spiro atoms. The van der Waals surface area contributed by atoms with Gasteiger partial charge < -0.3 is 0 Å². The highest BCUT2D eigenvalue weighted by Gasteiger charge is 2.23. The molecule has 10 heteroatoms. The van der Waals surface area contributed by atoms with Gasteiger partial charge >= 0.3 is 0 Å². The minimum atomic E-state index is -3.34. The van der Waals surface area contributed by atoms with Crippen LogP contribution in [0.5, 0.6) is 0 Å². The number of rotatable bonds is 11.